The van der Waals surface area contributed by atoms with E-state index in [-0.39, 0.29) is 11.4 Å². The highest BCUT2D eigenvalue weighted by molar-refractivity contribution is 6.05. The molecule has 0 unspecified atom stereocenters. The second-order valence-corrected chi connectivity index (χ2v) is 4.56. The van der Waals surface area contributed by atoms with Crippen molar-refractivity contribution in [3.8, 4) is 5.75 Å². The van der Waals surface area contributed by atoms with Gasteiger partial charge in [-0.1, -0.05) is 42.5 Å². The van der Waals surface area contributed by atoms with Crippen LogP contribution in [0.25, 0.3) is 10.8 Å². The number of hydrogen-bond donors (Lipinski definition) is 3. The fourth-order valence-electron chi connectivity index (χ4n) is 2.17. The van der Waals surface area contributed by atoms with Crippen LogP contribution in [0.4, 0.5) is 11.5 Å². The third kappa shape index (κ3) is 2.36. The number of anilines is 2. The molecule has 1 heterocycles. The van der Waals surface area contributed by atoms with Crippen molar-refractivity contribution in [3.05, 3.63) is 60.3 Å². The number of aromatic nitrogens is 1. The zero-order chi connectivity index (χ0) is 14.8. The lowest BCUT2D eigenvalue weighted by molar-refractivity contribution is 0.0993. The average Bonchev–Trinajstić information content (AvgIpc) is 2.51. The van der Waals surface area contributed by atoms with E-state index in [2.05, 4.69) is 10.3 Å². The lowest BCUT2D eigenvalue weighted by atomic mass is 10.1. The van der Waals surface area contributed by atoms with Gasteiger partial charge in [-0.3, -0.25) is 4.79 Å². The Morgan fingerprint density at radius 2 is 1.62 bits per heavy atom. The maximum Gasteiger partial charge on any atom is 0.271 e. The molecule has 2 aromatic carbocycles. The molecule has 104 valence electrons. The molecule has 1 aromatic heterocycles. The third-order valence-electron chi connectivity index (χ3n) is 3.16. The first-order valence-corrected chi connectivity index (χ1v) is 6.40. The van der Waals surface area contributed by atoms with Gasteiger partial charge in [0.2, 0.25) is 0 Å². The summed E-state index contributed by atoms with van der Waals surface area (Å²) in [5.41, 5.74) is 5.96. The molecule has 0 atom stereocenters. The molecule has 0 aliphatic carbocycles. The van der Waals surface area contributed by atoms with Crippen molar-refractivity contribution in [3.63, 3.8) is 0 Å². The first kappa shape index (κ1) is 12.9. The molecule has 5 heteroatoms. The van der Waals surface area contributed by atoms with Crippen LogP contribution in [-0.2, 0) is 0 Å². The molecule has 0 radical (unpaired) electrons. The van der Waals surface area contributed by atoms with E-state index in [0.717, 1.165) is 5.69 Å². The molecule has 21 heavy (non-hydrogen) atoms. The molecule has 0 bridgehead atoms. The molecule has 0 saturated carbocycles. The Morgan fingerprint density at radius 1 is 1.00 bits per heavy atom. The topological polar surface area (TPSA) is 88.2 Å². The summed E-state index contributed by atoms with van der Waals surface area (Å²) in [6.45, 7) is 0. The highest BCUT2D eigenvalue weighted by atomic mass is 16.3. The van der Waals surface area contributed by atoms with Crippen LogP contribution < -0.4 is 11.1 Å². The molecular weight excluding hydrogens is 266 g/mol. The molecule has 0 saturated heterocycles. The van der Waals surface area contributed by atoms with Crippen molar-refractivity contribution in [2.45, 2.75) is 0 Å². The first-order chi connectivity index (χ1) is 10.2. The minimum atomic E-state index is -0.769. The van der Waals surface area contributed by atoms with E-state index in [9.17, 15) is 9.90 Å². The van der Waals surface area contributed by atoms with Crippen molar-refractivity contribution in [1.82, 2.24) is 4.98 Å². The van der Waals surface area contributed by atoms with Gasteiger partial charge in [0.05, 0.1) is 0 Å². The maximum absolute atomic E-state index is 11.4. The molecule has 1 amide bonds. The second kappa shape index (κ2) is 5.13. The Bertz CT molecular complexity index is 816. The highest BCUT2D eigenvalue weighted by Gasteiger charge is 2.16. The summed E-state index contributed by atoms with van der Waals surface area (Å²) in [6.07, 6.45) is 0. The van der Waals surface area contributed by atoms with Gasteiger partial charge in [-0.05, 0) is 12.1 Å². The van der Waals surface area contributed by atoms with Crippen LogP contribution >= 0.6 is 0 Å². The van der Waals surface area contributed by atoms with Crippen molar-refractivity contribution < 1.29 is 9.90 Å². The monoisotopic (exact) mass is 279 g/mol. The number of nitrogens with two attached hydrogens (primary N) is 1. The number of fused-ring (bicyclic) bond motifs is 1. The van der Waals surface area contributed by atoms with E-state index in [1.165, 1.54) is 0 Å². The molecule has 3 aromatic rings. The molecule has 0 fully saturated rings. The molecule has 5 nitrogen and oxygen atoms in total. The van der Waals surface area contributed by atoms with Crippen molar-refractivity contribution in [2.75, 3.05) is 5.32 Å². The minimum absolute atomic E-state index is 0.146. The van der Waals surface area contributed by atoms with Crippen LogP contribution in [0.5, 0.6) is 5.75 Å². The Labute approximate surface area is 121 Å². The van der Waals surface area contributed by atoms with Gasteiger partial charge >= 0.3 is 0 Å². The van der Waals surface area contributed by atoms with Crippen LogP contribution in [0, 0.1) is 0 Å². The summed E-state index contributed by atoms with van der Waals surface area (Å²) in [4.78, 5) is 15.6. The van der Waals surface area contributed by atoms with E-state index in [0.29, 0.717) is 16.6 Å². The van der Waals surface area contributed by atoms with Gasteiger partial charge in [-0.2, -0.15) is 0 Å². The highest BCUT2D eigenvalue weighted by Crippen LogP contribution is 2.33. The zero-order valence-electron chi connectivity index (χ0n) is 11.1. The molecular formula is C16H13N3O2. The number of carbonyl (C=O) groups is 1. The van der Waals surface area contributed by atoms with Gasteiger partial charge < -0.3 is 16.2 Å². The second-order valence-electron chi connectivity index (χ2n) is 4.56. The number of amides is 1. The fraction of sp³-hybridized carbons (Fsp3) is 0. The van der Waals surface area contributed by atoms with Crippen LogP contribution in [0.15, 0.2) is 54.6 Å². The van der Waals surface area contributed by atoms with Crippen LogP contribution in [0.1, 0.15) is 10.5 Å². The van der Waals surface area contributed by atoms with Gasteiger partial charge in [0.25, 0.3) is 5.91 Å². The normalized spacial score (nSPS) is 10.5. The zero-order valence-corrected chi connectivity index (χ0v) is 11.1. The Hall–Kier alpha value is -3.08. The van der Waals surface area contributed by atoms with Crippen molar-refractivity contribution >= 4 is 28.2 Å². The molecule has 0 aliphatic rings. The van der Waals surface area contributed by atoms with E-state index >= 15 is 0 Å². The summed E-state index contributed by atoms with van der Waals surface area (Å²) in [6, 6.07) is 16.6. The quantitative estimate of drug-likeness (QED) is 0.688. The predicted octanol–water partition coefficient (Wildman–Crippen LogP) is 2.78. The van der Waals surface area contributed by atoms with Crippen LogP contribution in [0.2, 0.25) is 0 Å². The van der Waals surface area contributed by atoms with Gasteiger partial charge in [-0.25, -0.2) is 4.98 Å². The fourth-order valence-corrected chi connectivity index (χ4v) is 2.17. The summed E-state index contributed by atoms with van der Waals surface area (Å²) >= 11 is 0. The SMILES string of the molecule is NC(=O)c1nc(Nc2ccccc2)c2ccccc2c1O. The predicted molar refractivity (Wildman–Crippen MR) is 81.7 cm³/mol. The van der Waals surface area contributed by atoms with Crippen molar-refractivity contribution in [2.24, 2.45) is 5.73 Å². The van der Waals surface area contributed by atoms with E-state index in [1.54, 1.807) is 12.1 Å². The first-order valence-electron chi connectivity index (χ1n) is 6.40. The van der Waals surface area contributed by atoms with E-state index < -0.39 is 5.91 Å². The Kier molecular flexibility index (Phi) is 3.16. The summed E-state index contributed by atoms with van der Waals surface area (Å²) in [5, 5.41) is 14.5. The largest absolute Gasteiger partial charge is 0.505 e. The Balaban J connectivity index is 2.21. The lowest BCUT2D eigenvalue weighted by Gasteiger charge is -2.12. The minimum Gasteiger partial charge on any atom is -0.505 e. The lowest BCUT2D eigenvalue weighted by Crippen LogP contribution is -2.14. The number of nitrogens with one attached hydrogen (secondary N) is 1. The van der Waals surface area contributed by atoms with Gasteiger partial charge in [0.1, 0.15) is 5.82 Å². The number of primary amides is 1. The molecule has 4 N–H and O–H groups in total. The molecule has 0 aliphatic heterocycles. The maximum atomic E-state index is 11.4. The molecule has 3 rings (SSSR count). The van der Waals surface area contributed by atoms with Crippen LogP contribution in [-0.4, -0.2) is 16.0 Å². The average molecular weight is 279 g/mol. The molecule has 0 spiro atoms. The Morgan fingerprint density at radius 3 is 2.29 bits per heavy atom. The van der Waals surface area contributed by atoms with Gasteiger partial charge in [0.15, 0.2) is 11.4 Å². The van der Waals surface area contributed by atoms with Gasteiger partial charge in [-0.15, -0.1) is 0 Å². The number of aromatic hydroxyl groups is 1. The summed E-state index contributed by atoms with van der Waals surface area (Å²) < 4.78 is 0. The number of nitrogens with zero attached hydrogens (tertiary/aromatic N) is 1. The third-order valence-corrected chi connectivity index (χ3v) is 3.16. The number of para-hydroxylation sites is 1. The number of rotatable bonds is 3. The van der Waals surface area contributed by atoms with Crippen LogP contribution in [0.3, 0.4) is 0 Å². The standard InChI is InChI=1S/C16H13N3O2/c17-15(21)13-14(20)11-8-4-5-9-12(11)16(19-13)18-10-6-2-1-3-7-10/h1-9,20H,(H2,17,21)(H,18,19). The van der Waals surface area contributed by atoms with Crippen molar-refractivity contribution in [1.29, 1.82) is 0 Å². The smallest absolute Gasteiger partial charge is 0.271 e. The number of hydrogen-bond acceptors (Lipinski definition) is 4. The summed E-state index contributed by atoms with van der Waals surface area (Å²) in [5.74, 6) is -0.491. The van der Waals surface area contributed by atoms with Gasteiger partial charge in [0, 0.05) is 16.5 Å². The number of pyridine rings is 1. The summed E-state index contributed by atoms with van der Waals surface area (Å²) in [7, 11) is 0. The van der Waals surface area contributed by atoms with E-state index in [1.807, 2.05) is 42.5 Å². The number of carbonyl (C=O) groups excluding carboxylic acids is 1. The number of benzene rings is 2. The van der Waals surface area contributed by atoms with E-state index in [4.69, 9.17) is 5.73 Å².